The van der Waals surface area contributed by atoms with E-state index in [1.807, 2.05) is 13.0 Å². The molecular formula is C14H16N2O3. The van der Waals surface area contributed by atoms with Crippen LogP contribution in [0.15, 0.2) is 18.2 Å². The largest absolute Gasteiger partial charge is 0.384 e. The van der Waals surface area contributed by atoms with Crippen molar-refractivity contribution in [1.82, 2.24) is 5.32 Å². The smallest absolute Gasteiger partial charge is 0.243 e. The van der Waals surface area contributed by atoms with Gasteiger partial charge in [-0.15, -0.1) is 0 Å². The topological polar surface area (TPSA) is 78.4 Å². The number of aliphatic hydroxyl groups is 1. The second-order valence-corrected chi connectivity index (χ2v) is 3.95. The van der Waals surface area contributed by atoms with Crippen LogP contribution in [0.1, 0.15) is 18.1 Å². The van der Waals surface area contributed by atoms with Gasteiger partial charge in [-0.2, -0.15) is 0 Å². The molecule has 0 saturated heterocycles. The van der Waals surface area contributed by atoms with Crippen LogP contribution < -0.4 is 10.6 Å². The number of hydrogen-bond acceptors (Lipinski definition) is 3. The molecule has 0 aliphatic rings. The van der Waals surface area contributed by atoms with Gasteiger partial charge < -0.3 is 15.7 Å². The fourth-order valence-electron chi connectivity index (χ4n) is 1.42. The summed E-state index contributed by atoms with van der Waals surface area (Å²) >= 11 is 0. The lowest BCUT2D eigenvalue weighted by Crippen LogP contribution is -2.31. The van der Waals surface area contributed by atoms with Gasteiger partial charge in [0.2, 0.25) is 11.8 Å². The minimum Gasteiger partial charge on any atom is -0.384 e. The van der Waals surface area contributed by atoms with E-state index in [1.54, 1.807) is 12.1 Å². The number of aliphatic hydroxyl groups excluding tert-OH is 1. The number of aryl methyl sites for hydroxylation is 1. The number of amides is 2. The Labute approximate surface area is 112 Å². The van der Waals surface area contributed by atoms with Gasteiger partial charge in [-0.1, -0.05) is 11.8 Å². The Morgan fingerprint density at radius 3 is 2.68 bits per heavy atom. The van der Waals surface area contributed by atoms with Crippen LogP contribution in [0.5, 0.6) is 0 Å². The Morgan fingerprint density at radius 1 is 1.37 bits per heavy atom. The van der Waals surface area contributed by atoms with E-state index in [0.29, 0.717) is 5.69 Å². The minimum absolute atomic E-state index is 0.0547. The number of benzene rings is 1. The standard InChI is InChI=1S/C14H16N2O3/c1-10-8-12(4-3-7-17)5-6-13(10)16-14(19)9-15-11(2)18/h5-6,8,17H,7,9H2,1-2H3,(H,15,18)(H,16,19). The SMILES string of the molecule is CC(=O)NCC(=O)Nc1ccc(C#CCO)cc1C. The van der Waals surface area contributed by atoms with E-state index in [-0.39, 0.29) is 25.0 Å². The highest BCUT2D eigenvalue weighted by molar-refractivity contribution is 5.94. The van der Waals surface area contributed by atoms with Crippen LogP contribution in [0.2, 0.25) is 0 Å². The predicted octanol–water partition coefficient (Wildman–Crippen LogP) is 0.413. The Kier molecular flexibility index (Phi) is 5.58. The molecule has 0 saturated carbocycles. The first kappa shape index (κ1) is 14.7. The lowest BCUT2D eigenvalue weighted by Gasteiger charge is -2.09. The summed E-state index contributed by atoms with van der Waals surface area (Å²) in [5.74, 6) is 4.81. The molecule has 0 bridgehead atoms. The van der Waals surface area contributed by atoms with Crippen LogP contribution in [0.4, 0.5) is 5.69 Å². The number of rotatable bonds is 3. The summed E-state index contributed by atoms with van der Waals surface area (Å²) < 4.78 is 0. The predicted molar refractivity (Wildman–Crippen MR) is 72.5 cm³/mol. The van der Waals surface area contributed by atoms with Gasteiger partial charge in [0.1, 0.15) is 6.61 Å². The fraction of sp³-hybridized carbons (Fsp3) is 0.286. The zero-order valence-corrected chi connectivity index (χ0v) is 10.9. The summed E-state index contributed by atoms with van der Waals surface area (Å²) in [6, 6.07) is 5.31. The van der Waals surface area contributed by atoms with Gasteiger partial charge in [-0.3, -0.25) is 9.59 Å². The third-order valence-corrected chi connectivity index (χ3v) is 2.31. The van der Waals surface area contributed by atoms with Crippen molar-refractivity contribution in [3.63, 3.8) is 0 Å². The molecule has 5 heteroatoms. The molecule has 1 rings (SSSR count). The highest BCUT2D eigenvalue weighted by atomic mass is 16.2. The highest BCUT2D eigenvalue weighted by Crippen LogP contribution is 2.15. The van der Waals surface area contributed by atoms with Crippen molar-refractivity contribution in [3.05, 3.63) is 29.3 Å². The number of nitrogens with one attached hydrogen (secondary N) is 2. The second-order valence-electron chi connectivity index (χ2n) is 3.95. The van der Waals surface area contributed by atoms with Gasteiger partial charge in [0.15, 0.2) is 0 Å². The van der Waals surface area contributed by atoms with Gasteiger partial charge in [-0.05, 0) is 30.7 Å². The molecule has 3 N–H and O–H groups in total. The number of anilines is 1. The molecule has 0 aliphatic heterocycles. The number of carbonyl (C=O) groups is 2. The normalized spacial score (nSPS) is 9.21. The maximum atomic E-state index is 11.5. The maximum absolute atomic E-state index is 11.5. The number of carbonyl (C=O) groups excluding carboxylic acids is 2. The summed E-state index contributed by atoms with van der Waals surface area (Å²) in [6.45, 7) is 2.96. The van der Waals surface area contributed by atoms with Gasteiger partial charge in [0, 0.05) is 18.2 Å². The molecule has 0 radical (unpaired) electrons. The van der Waals surface area contributed by atoms with Gasteiger partial charge >= 0.3 is 0 Å². The van der Waals surface area contributed by atoms with Crippen LogP contribution in [-0.4, -0.2) is 30.1 Å². The molecular weight excluding hydrogens is 244 g/mol. The van der Waals surface area contributed by atoms with Crippen molar-refractivity contribution >= 4 is 17.5 Å². The van der Waals surface area contributed by atoms with Crippen LogP contribution in [-0.2, 0) is 9.59 Å². The average molecular weight is 260 g/mol. The molecule has 2 amide bonds. The molecule has 0 aliphatic carbocycles. The molecule has 0 heterocycles. The van der Waals surface area contributed by atoms with Crippen molar-refractivity contribution in [3.8, 4) is 11.8 Å². The second kappa shape index (κ2) is 7.19. The van der Waals surface area contributed by atoms with E-state index in [0.717, 1.165) is 11.1 Å². The average Bonchev–Trinajstić information content (AvgIpc) is 2.37. The van der Waals surface area contributed by atoms with Crippen molar-refractivity contribution in [2.75, 3.05) is 18.5 Å². The summed E-state index contributed by atoms with van der Waals surface area (Å²) in [5, 5.41) is 13.7. The Bertz CT molecular complexity index is 541. The molecule has 0 atom stereocenters. The van der Waals surface area contributed by atoms with Crippen molar-refractivity contribution < 1.29 is 14.7 Å². The maximum Gasteiger partial charge on any atom is 0.243 e. The summed E-state index contributed by atoms with van der Waals surface area (Å²) in [5.41, 5.74) is 2.30. The molecule has 1 aromatic carbocycles. The quantitative estimate of drug-likeness (QED) is 0.689. The van der Waals surface area contributed by atoms with Gasteiger partial charge in [0.25, 0.3) is 0 Å². The van der Waals surface area contributed by atoms with E-state index in [9.17, 15) is 9.59 Å². The number of hydrogen-bond donors (Lipinski definition) is 3. The van der Waals surface area contributed by atoms with Crippen molar-refractivity contribution in [2.45, 2.75) is 13.8 Å². The summed E-state index contributed by atoms with van der Waals surface area (Å²) in [6.07, 6.45) is 0. The van der Waals surface area contributed by atoms with Crippen molar-refractivity contribution in [1.29, 1.82) is 0 Å². The van der Waals surface area contributed by atoms with Crippen LogP contribution >= 0.6 is 0 Å². The lowest BCUT2D eigenvalue weighted by atomic mass is 10.1. The molecule has 5 nitrogen and oxygen atoms in total. The molecule has 0 unspecified atom stereocenters. The molecule has 19 heavy (non-hydrogen) atoms. The van der Waals surface area contributed by atoms with Crippen LogP contribution in [0.3, 0.4) is 0 Å². The van der Waals surface area contributed by atoms with E-state index in [4.69, 9.17) is 5.11 Å². The molecule has 1 aromatic rings. The Balaban J connectivity index is 2.69. The van der Waals surface area contributed by atoms with E-state index in [1.165, 1.54) is 6.92 Å². The highest BCUT2D eigenvalue weighted by Gasteiger charge is 2.05. The molecule has 0 spiro atoms. The van der Waals surface area contributed by atoms with Gasteiger partial charge in [-0.25, -0.2) is 0 Å². The summed E-state index contributed by atoms with van der Waals surface area (Å²) in [7, 11) is 0. The fourth-order valence-corrected chi connectivity index (χ4v) is 1.42. The van der Waals surface area contributed by atoms with Crippen molar-refractivity contribution in [2.24, 2.45) is 0 Å². The summed E-state index contributed by atoms with van der Waals surface area (Å²) in [4.78, 5) is 22.2. The van der Waals surface area contributed by atoms with E-state index in [2.05, 4.69) is 22.5 Å². The van der Waals surface area contributed by atoms with Gasteiger partial charge in [0.05, 0.1) is 6.54 Å². The minimum atomic E-state index is -0.285. The van der Waals surface area contributed by atoms with E-state index >= 15 is 0 Å². The lowest BCUT2D eigenvalue weighted by molar-refractivity contribution is -0.122. The first-order valence-corrected chi connectivity index (χ1v) is 5.77. The Hall–Kier alpha value is -2.32. The molecule has 100 valence electrons. The Morgan fingerprint density at radius 2 is 2.11 bits per heavy atom. The van der Waals surface area contributed by atoms with Crippen LogP contribution in [0, 0.1) is 18.8 Å². The molecule has 0 fully saturated rings. The third-order valence-electron chi connectivity index (χ3n) is 2.31. The third kappa shape index (κ3) is 5.23. The van der Waals surface area contributed by atoms with Crippen LogP contribution in [0.25, 0.3) is 0 Å². The first-order chi connectivity index (χ1) is 9.02. The zero-order chi connectivity index (χ0) is 14.3. The first-order valence-electron chi connectivity index (χ1n) is 5.77. The van der Waals surface area contributed by atoms with E-state index < -0.39 is 0 Å². The molecule has 0 aromatic heterocycles. The monoisotopic (exact) mass is 260 g/mol. The zero-order valence-electron chi connectivity index (χ0n) is 10.9.